The Morgan fingerprint density at radius 1 is 0.971 bits per heavy atom. The number of carbonyl (C=O) groups excluding carboxylic acids is 2. The third-order valence-electron chi connectivity index (χ3n) is 4.32. The van der Waals surface area contributed by atoms with Crippen molar-refractivity contribution in [1.29, 1.82) is 0 Å². The molecule has 0 bridgehead atoms. The molecule has 3 amide bonds. The fraction of sp³-hybridized carbons (Fsp3) is 0.278. The van der Waals surface area contributed by atoms with Crippen LogP contribution < -0.4 is 5.32 Å². The van der Waals surface area contributed by atoms with Gasteiger partial charge in [-0.05, 0) is 40.2 Å². The molecule has 0 aliphatic carbocycles. The molecular weight excluding hydrogens is 560 g/mol. The molecule has 0 spiro atoms. The van der Waals surface area contributed by atoms with Gasteiger partial charge in [0, 0.05) is 29.5 Å². The number of anilines is 1. The highest BCUT2D eigenvalue weighted by molar-refractivity contribution is 9.10. The van der Waals surface area contributed by atoms with Gasteiger partial charge in [-0.3, -0.25) is 14.7 Å². The normalized spacial score (nSPS) is 12.9. The number of hydrogen-bond donors (Lipinski definition) is 1. The number of halogens is 11. The van der Waals surface area contributed by atoms with E-state index in [1.807, 2.05) is 0 Å². The van der Waals surface area contributed by atoms with Gasteiger partial charge in [0.15, 0.2) is 0 Å². The van der Waals surface area contributed by atoms with Crippen molar-refractivity contribution in [3.63, 3.8) is 0 Å². The second kappa shape index (κ2) is 9.03. The van der Waals surface area contributed by atoms with Crippen molar-refractivity contribution < 1.29 is 53.5 Å². The molecular formula is C18H10BrF10N3O2. The molecule has 0 aliphatic heterocycles. The summed E-state index contributed by atoms with van der Waals surface area (Å²) in [6, 6.07) is 0.0608. The van der Waals surface area contributed by atoms with E-state index in [0.717, 1.165) is 13.2 Å². The van der Waals surface area contributed by atoms with Crippen molar-refractivity contribution in [1.82, 2.24) is 9.88 Å². The van der Waals surface area contributed by atoms with Crippen molar-refractivity contribution in [2.24, 2.45) is 0 Å². The average molecular weight is 570 g/mol. The largest absolute Gasteiger partial charge is 0.435 e. The Balaban J connectivity index is 2.59. The van der Waals surface area contributed by atoms with Gasteiger partial charge in [-0.15, -0.1) is 0 Å². The molecule has 1 N–H and O–H groups in total. The Morgan fingerprint density at radius 2 is 1.53 bits per heavy atom. The van der Waals surface area contributed by atoms with Crippen LogP contribution in [0.2, 0.25) is 0 Å². The molecule has 0 fully saturated rings. The lowest BCUT2D eigenvalue weighted by atomic mass is 9.92. The van der Waals surface area contributed by atoms with Gasteiger partial charge in [-0.25, -0.2) is 9.18 Å². The van der Waals surface area contributed by atoms with Gasteiger partial charge in [0.05, 0.1) is 16.8 Å². The Morgan fingerprint density at radius 3 is 1.97 bits per heavy atom. The molecule has 1 heterocycles. The molecule has 2 rings (SSSR count). The van der Waals surface area contributed by atoms with E-state index in [-0.39, 0.29) is 16.5 Å². The smallest absolute Gasteiger partial charge is 0.306 e. The molecule has 2 aromatic rings. The van der Waals surface area contributed by atoms with Crippen LogP contribution in [0.4, 0.5) is 54.4 Å². The topological polar surface area (TPSA) is 62.3 Å². The van der Waals surface area contributed by atoms with Crippen molar-refractivity contribution in [2.45, 2.75) is 24.2 Å². The minimum atomic E-state index is -6.67. The van der Waals surface area contributed by atoms with Gasteiger partial charge < -0.3 is 5.32 Å². The van der Waals surface area contributed by atoms with Crippen molar-refractivity contribution in [3.8, 4) is 0 Å². The molecule has 5 nitrogen and oxygen atoms in total. The Kier molecular flexibility index (Phi) is 7.26. The number of aromatic nitrogens is 1. The number of nitrogens with zero attached hydrogens (tertiary/aromatic N) is 2. The number of urea groups is 1. The highest BCUT2D eigenvalue weighted by Crippen LogP contribution is 2.55. The van der Waals surface area contributed by atoms with Crippen LogP contribution in [-0.4, -0.2) is 41.2 Å². The fourth-order valence-electron chi connectivity index (χ4n) is 2.61. The molecule has 0 saturated heterocycles. The minimum absolute atomic E-state index is 0.164. The van der Waals surface area contributed by atoms with E-state index in [1.165, 1.54) is 18.3 Å². The van der Waals surface area contributed by atoms with Crippen LogP contribution in [0.1, 0.15) is 21.5 Å². The number of amides is 3. The number of carbonyl (C=O) groups is 2. The first kappa shape index (κ1) is 27.3. The highest BCUT2D eigenvalue weighted by atomic mass is 79.9. The van der Waals surface area contributed by atoms with E-state index in [1.54, 1.807) is 5.32 Å². The number of pyridine rings is 1. The number of imide groups is 1. The summed E-state index contributed by atoms with van der Waals surface area (Å²) < 4.78 is 132. The van der Waals surface area contributed by atoms with E-state index in [4.69, 9.17) is 0 Å². The molecule has 1 aromatic heterocycles. The summed E-state index contributed by atoms with van der Waals surface area (Å²) in [5, 5.41) is 1.59. The fourth-order valence-corrected chi connectivity index (χ4v) is 3.17. The van der Waals surface area contributed by atoms with E-state index < -0.39 is 63.5 Å². The highest BCUT2D eigenvalue weighted by Gasteiger charge is 2.73. The molecule has 0 unspecified atom stereocenters. The number of nitrogens with one attached hydrogen (secondary N) is 1. The first-order valence-electron chi connectivity index (χ1n) is 8.55. The van der Waals surface area contributed by atoms with Gasteiger partial charge in [0.2, 0.25) is 0 Å². The zero-order valence-corrected chi connectivity index (χ0v) is 17.9. The number of benzene rings is 1. The Labute approximate surface area is 191 Å². The van der Waals surface area contributed by atoms with Crippen LogP contribution >= 0.6 is 15.9 Å². The summed E-state index contributed by atoms with van der Waals surface area (Å²) in [6.45, 7) is 0. The summed E-state index contributed by atoms with van der Waals surface area (Å²) >= 11 is 2.35. The number of alkyl halides is 10. The first-order chi connectivity index (χ1) is 15.3. The third-order valence-corrected chi connectivity index (χ3v) is 4.95. The first-order valence-corrected chi connectivity index (χ1v) is 9.34. The summed E-state index contributed by atoms with van der Waals surface area (Å²) in [7, 11) is 0.833. The Bertz CT molecular complexity index is 1070. The average Bonchev–Trinajstić information content (AvgIpc) is 2.71. The summed E-state index contributed by atoms with van der Waals surface area (Å²) in [5.41, 5.74) is -12.3. The van der Waals surface area contributed by atoms with Crippen LogP contribution in [0.3, 0.4) is 0 Å². The van der Waals surface area contributed by atoms with E-state index in [0.29, 0.717) is 0 Å². The Hall–Kier alpha value is -2.91. The lowest BCUT2D eigenvalue weighted by Crippen LogP contribution is -2.50. The van der Waals surface area contributed by atoms with Gasteiger partial charge in [0.1, 0.15) is 0 Å². The molecule has 0 atom stereocenters. The van der Waals surface area contributed by atoms with Gasteiger partial charge in [0.25, 0.3) is 5.91 Å². The molecule has 1 aromatic carbocycles. The SMILES string of the molecule is CN(C(=O)Nc1c(Br)cc(C(F)(C(F)(F)F)C(F)(F)F)cc1C(F)(F)F)C(=O)c1cccnc1. The van der Waals surface area contributed by atoms with Crippen LogP contribution in [0.15, 0.2) is 41.1 Å². The molecule has 34 heavy (non-hydrogen) atoms. The van der Waals surface area contributed by atoms with Gasteiger partial charge in [-0.2, -0.15) is 39.5 Å². The molecule has 186 valence electrons. The van der Waals surface area contributed by atoms with Crippen molar-refractivity contribution in [3.05, 3.63) is 57.8 Å². The number of hydrogen-bond acceptors (Lipinski definition) is 3. The predicted octanol–water partition coefficient (Wildman–Crippen LogP) is 6.46. The summed E-state index contributed by atoms with van der Waals surface area (Å²) in [4.78, 5) is 28.4. The maximum Gasteiger partial charge on any atom is 0.435 e. The van der Waals surface area contributed by atoms with E-state index in [9.17, 15) is 53.5 Å². The molecule has 0 aliphatic rings. The van der Waals surface area contributed by atoms with Crippen LogP contribution in [0.5, 0.6) is 0 Å². The third kappa shape index (κ3) is 5.10. The predicted molar refractivity (Wildman–Crippen MR) is 99.4 cm³/mol. The van der Waals surface area contributed by atoms with E-state index in [2.05, 4.69) is 20.9 Å². The lowest BCUT2D eigenvalue weighted by Gasteiger charge is -2.31. The summed E-state index contributed by atoms with van der Waals surface area (Å²) in [5.74, 6) is -1.05. The lowest BCUT2D eigenvalue weighted by molar-refractivity contribution is -0.348. The molecule has 16 heteroatoms. The quantitative estimate of drug-likeness (QED) is 0.432. The standard InChI is InChI=1S/C18H10BrF10N3O2/c1-32(13(33)8-3-2-4-30-7-8)14(34)31-12-10(16(21,22)23)5-9(6-11(12)19)15(20,17(24,25)26)18(27,28)29/h2-7H,1H3,(H,31,34). The number of rotatable bonds is 3. The maximum absolute atomic E-state index is 14.3. The summed E-state index contributed by atoms with van der Waals surface area (Å²) in [6.07, 6.45) is -16.7. The second-order valence-electron chi connectivity index (χ2n) is 6.57. The molecule has 0 saturated carbocycles. The molecule has 0 radical (unpaired) electrons. The van der Waals surface area contributed by atoms with Crippen molar-refractivity contribution >= 4 is 33.6 Å². The zero-order valence-electron chi connectivity index (χ0n) is 16.3. The van der Waals surface area contributed by atoms with E-state index >= 15 is 0 Å². The maximum atomic E-state index is 14.3. The van der Waals surface area contributed by atoms with Crippen LogP contribution in [0.25, 0.3) is 0 Å². The second-order valence-corrected chi connectivity index (χ2v) is 7.42. The van der Waals surface area contributed by atoms with Crippen molar-refractivity contribution in [2.75, 3.05) is 12.4 Å². The van der Waals surface area contributed by atoms with Crippen LogP contribution in [-0.2, 0) is 11.8 Å². The van der Waals surface area contributed by atoms with Gasteiger partial charge in [-0.1, -0.05) is 0 Å². The van der Waals surface area contributed by atoms with Gasteiger partial charge >= 0.3 is 30.2 Å². The minimum Gasteiger partial charge on any atom is -0.306 e. The zero-order chi connectivity index (χ0) is 26.3. The monoisotopic (exact) mass is 569 g/mol. The van der Waals surface area contributed by atoms with Crippen LogP contribution in [0, 0.1) is 0 Å².